The summed E-state index contributed by atoms with van der Waals surface area (Å²) in [6, 6.07) is 33.6. The van der Waals surface area contributed by atoms with Crippen LogP contribution < -0.4 is 9.47 Å². The van der Waals surface area contributed by atoms with Gasteiger partial charge in [0, 0.05) is 18.1 Å². The molecule has 3 nitrogen and oxygen atoms in total. The normalized spacial score (nSPS) is 10.5. The lowest BCUT2D eigenvalue weighted by atomic mass is 10.0. The third-order valence-electron chi connectivity index (χ3n) is 4.85. The van der Waals surface area contributed by atoms with Crippen molar-refractivity contribution in [3.8, 4) is 17.2 Å². The summed E-state index contributed by atoms with van der Waals surface area (Å²) in [5.74, 6) is 1.24. The number of hydrogen-bond donors (Lipinski definition) is 1. The molecule has 0 aromatic heterocycles. The Balaban J connectivity index is 1.58. The van der Waals surface area contributed by atoms with Gasteiger partial charge in [-0.15, -0.1) is 0 Å². The van der Waals surface area contributed by atoms with Gasteiger partial charge < -0.3 is 14.6 Å². The Morgan fingerprint density at radius 1 is 0.533 bits per heavy atom. The topological polar surface area (TPSA) is 38.7 Å². The highest BCUT2D eigenvalue weighted by molar-refractivity contribution is 5.51. The molecular formula is C27H24O3. The van der Waals surface area contributed by atoms with Crippen molar-refractivity contribution in [3.05, 3.63) is 125 Å². The predicted molar refractivity (Wildman–Crippen MR) is 119 cm³/mol. The molecule has 30 heavy (non-hydrogen) atoms. The fourth-order valence-electron chi connectivity index (χ4n) is 3.27. The first kappa shape index (κ1) is 19.6. The molecule has 0 heterocycles. The minimum Gasteiger partial charge on any atom is -0.504 e. The third-order valence-corrected chi connectivity index (χ3v) is 4.85. The minimum atomic E-state index is 0.115. The van der Waals surface area contributed by atoms with Gasteiger partial charge in [0.1, 0.15) is 19.0 Å². The van der Waals surface area contributed by atoms with E-state index < -0.39 is 0 Å². The Morgan fingerprint density at radius 2 is 1.00 bits per heavy atom. The minimum absolute atomic E-state index is 0.115. The lowest BCUT2D eigenvalue weighted by Crippen LogP contribution is -2.02. The zero-order valence-electron chi connectivity index (χ0n) is 16.7. The van der Waals surface area contributed by atoms with E-state index in [9.17, 15) is 5.11 Å². The molecule has 150 valence electrons. The summed E-state index contributed by atoms with van der Waals surface area (Å²) in [5.41, 5.74) is 4.20. The molecule has 0 aliphatic heterocycles. The number of hydrogen-bond acceptors (Lipinski definition) is 3. The lowest BCUT2D eigenvalue weighted by Gasteiger charge is -2.16. The molecule has 0 aliphatic rings. The third kappa shape index (κ3) is 5.21. The van der Waals surface area contributed by atoms with E-state index in [0.29, 0.717) is 31.1 Å². The molecule has 0 amide bonds. The van der Waals surface area contributed by atoms with Crippen molar-refractivity contribution in [1.29, 1.82) is 0 Å². The zero-order chi connectivity index (χ0) is 20.6. The molecule has 3 heteroatoms. The molecular weight excluding hydrogens is 372 g/mol. The van der Waals surface area contributed by atoms with Crippen molar-refractivity contribution >= 4 is 0 Å². The molecule has 4 rings (SSSR count). The molecule has 0 saturated carbocycles. The average molecular weight is 396 g/mol. The maximum Gasteiger partial charge on any atom is 0.165 e. The van der Waals surface area contributed by atoms with Gasteiger partial charge in [-0.2, -0.15) is 0 Å². The van der Waals surface area contributed by atoms with Gasteiger partial charge in [0.25, 0.3) is 0 Å². The number of aromatic hydroxyl groups is 1. The first-order valence-electron chi connectivity index (χ1n) is 10.0. The van der Waals surface area contributed by atoms with Gasteiger partial charge in [0.2, 0.25) is 0 Å². The molecule has 0 fully saturated rings. The maximum atomic E-state index is 10.6. The second kappa shape index (κ2) is 9.66. The van der Waals surface area contributed by atoms with E-state index in [-0.39, 0.29) is 5.75 Å². The largest absolute Gasteiger partial charge is 0.504 e. The molecule has 1 N–H and O–H groups in total. The van der Waals surface area contributed by atoms with Crippen LogP contribution in [0.5, 0.6) is 17.2 Å². The van der Waals surface area contributed by atoms with Crippen molar-refractivity contribution in [1.82, 2.24) is 0 Å². The molecule has 0 radical (unpaired) electrons. The van der Waals surface area contributed by atoms with Crippen LogP contribution in [0, 0.1) is 0 Å². The van der Waals surface area contributed by atoms with Crippen LogP contribution in [0.2, 0.25) is 0 Å². The molecule has 0 spiro atoms. The highest BCUT2D eigenvalue weighted by Gasteiger charge is 2.13. The highest BCUT2D eigenvalue weighted by Crippen LogP contribution is 2.36. The number of phenols is 1. The van der Waals surface area contributed by atoms with E-state index in [4.69, 9.17) is 9.47 Å². The number of phenolic OH excluding ortho intramolecular Hbond substituents is 1. The van der Waals surface area contributed by atoms with Crippen LogP contribution in [0.15, 0.2) is 103 Å². The number of rotatable bonds is 8. The van der Waals surface area contributed by atoms with Crippen LogP contribution >= 0.6 is 0 Å². The Bertz CT molecular complexity index is 1060. The summed E-state index contributed by atoms with van der Waals surface area (Å²) in [4.78, 5) is 0. The summed E-state index contributed by atoms with van der Waals surface area (Å²) in [6.07, 6.45) is 0.664. The molecule has 0 atom stereocenters. The van der Waals surface area contributed by atoms with E-state index in [0.717, 1.165) is 22.3 Å². The maximum absolute atomic E-state index is 10.6. The predicted octanol–water partition coefficient (Wildman–Crippen LogP) is 6.14. The van der Waals surface area contributed by atoms with Crippen molar-refractivity contribution in [2.24, 2.45) is 0 Å². The summed E-state index contributed by atoms with van der Waals surface area (Å²) < 4.78 is 12.0. The standard InChI is InChI=1S/C27H24O3/c28-25-17-24(16-21-10-4-1-5-11-21)26(29-19-22-12-6-2-7-13-22)18-27(25)30-20-23-14-8-3-9-15-23/h1-15,17-18,28H,16,19-20H2. The molecule has 4 aromatic carbocycles. The average Bonchev–Trinajstić information content (AvgIpc) is 2.80. The molecule has 0 saturated heterocycles. The van der Waals surface area contributed by atoms with E-state index in [1.807, 2.05) is 78.9 Å². The van der Waals surface area contributed by atoms with Crippen LogP contribution in [0.25, 0.3) is 0 Å². The fourth-order valence-corrected chi connectivity index (χ4v) is 3.27. The Hall–Kier alpha value is -3.72. The van der Waals surface area contributed by atoms with E-state index in [1.54, 1.807) is 12.1 Å². The SMILES string of the molecule is Oc1cc(Cc2ccccc2)c(OCc2ccccc2)cc1OCc1ccccc1. The smallest absolute Gasteiger partial charge is 0.165 e. The van der Waals surface area contributed by atoms with E-state index >= 15 is 0 Å². The van der Waals surface area contributed by atoms with Crippen LogP contribution in [-0.2, 0) is 19.6 Å². The first-order valence-corrected chi connectivity index (χ1v) is 10.0. The van der Waals surface area contributed by atoms with Crippen molar-refractivity contribution < 1.29 is 14.6 Å². The summed E-state index contributed by atoms with van der Waals surface area (Å²) in [5, 5.41) is 10.6. The van der Waals surface area contributed by atoms with Crippen LogP contribution in [-0.4, -0.2) is 5.11 Å². The second-order valence-electron chi connectivity index (χ2n) is 7.14. The summed E-state index contributed by atoms with van der Waals surface area (Å²) in [6.45, 7) is 0.829. The molecule has 0 unspecified atom stereocenters. The first-order chi connectivity index (χ1) is 14.8. The van der Waals surface area contributed by atoms with Crippen molar-refractivity contribution in [2.45, 2.75) is 19.6 Å². The van der Waals surface area contributed by atoms with Gasteiger partial charge >= 0.3 is 0 Å². The van der Waals surface area contributed by atoms with Gasteiger partial charge in [0.05, 0.1) is 0 Å². The molecule has 4 aromatic rings. The zero-order valence-corrected chi connectivity index (χ0v) is 16.7. The monoisotopic (exact) mass is 396 g/mol. The van der Waals surface area contributed by atoms with Crippen LogP contribution in [0.3, 0.4) is 0 Å². The molecule has 0 aliphatic carbocycles. The van der Waals surface area contributed by atoms with Gasteiger partial charge in [-0.05, 0) is 22.8 Å². The Labute approximate surface area is 177 Å². The van der Waals surface area contributed by atoms with Crippen molar-refractivity contribution in [3.63, 3.8) is 0 Å². The van der Waals surface area contributed by atoms with Gasteiger partial charge in [0.15, 0.2) is 11.5 Å². The second-order valence-corrected chi connectivity index (χ2v) is 7.14. The van der Waals surface area contributed by atoms with E-state index in [1.165, 1.54) is 0 Å². The lowest BCUT2D eigenvalue weighted by molar-refractivity contribution is 0.276. The van der Waals surface area contributed by atoms with Gasteiger partial charge in [-0.25, -0.2) is 0 Å². The quantitative estimate of drug-likeness (QED) is 0.389. The van der Waals surface area contributed by atoms with Gasteiger partial charge in [-0.1, -0.05) is 91.0 Å². The number of benzene rings is 4. The Kier molecular flexibility index (Phi) is 6.31. The van der Waals surface area contributed by atoms with Gasteiger partial charge in [-0.3, -0.25) is 0 Å². The van der Waals surface area contributed by atoms with E-state index in [2.05, 4.69) is 12.1 Å². The summed E-state index contributed by atoms with van der Waals surface area (Å²) in [7, 11) is 0. The van der Waals surface area contributed by atoms with Crippen LogP contribution in [0.1, 0.15) is 22.3 Å². The molecule has 0 bridgehead atoms. The van der Waals surface area contributed by atoms with Crippen LogP contribution in [0.4, 0.5) is 0 Å². The Morgan fingerprint density at radius 3 is 1.53 bits per heavy atom. The summed E-state index contributed by atoms with van der Waals surface area (Å²) >= 11 is 0. The highest BCUT2D eigenvalue weighted by atomic mass is 16.5. The number of ether oxygens (including phenoxy) is 2. The fraction of sp³-hybridized carbons (Fsp3) is 0.111. The van der Waals surface area contributed by atoms with Crippen molar-refractivity contribution in [2.75, 3.05) is 0 Å².